The number of hydrogen-bond acceptors (Lipinski definition) is 2. The van der Waals surface area contributed by atoms with Crippen LogP contribution in [0, 0.1) is 5.41 Å². The highest BCUT2D eigenvalue weighted by atomic mass is 35.5. The third kappa shape index (κ3) is 2.69. The molecule has 0 saturated carbocycles. The van der Waals surface area contributed by atoms with E-state index in [0.29, 0.717) is 5.88 Å². The van der Waals surface area contributed by atoms with Crippen molar-refractivity contribution < 1.29 is 0 Å². The summed E-state index contributed by atoms with van der Waals surface area (Å²) in [6.07, 6.45) is 2.88. The van der Waals surface area contributed by atoms with E-state index in [1.54, 1.807) is 6.33 Å². The second kappa shape index (κ2) is 4.09. The molecule has 0 amide bonds. The van der Waals surface area contributed by atoms with Crippen molar-refractivity contribution in [3.05, 3.63) is 12.2 Å². The largest absolute Gasteiger partial charge is 0.316 e. The van der Waals surface area contributed by atoms with E-state index < -0.39 is 0 Å². The summed E-state index contributed by atoms with van der Waals surface area (Å²) in [5.41, 5.74) is 0.281. The molecule has 0 unspecified atom stereocenters. The Hall–Kier alpha value is -0.570. The molecule has 0 fully saturated rings. The Bertz CT molecular complexity index is 268. The van der Waals surface area contributed by atoms with Crippen molar-refractivity contribution in [1.82, 2.24) is 14.8 Å². The summed E-state index contributed by atoms with van der Waals surface area (Å²) in [5.74, 6) is 1.28. The number of nitrogens with zero attached hydrogens (tertiary/aromatic N) is 3. The molecule has 0 bridgehead atoms. The van der Waals surface area contributed by atoms with Crippen LogP contribution in [0.1, 0.15) is 33.0 Å². The molecule has 0 spiro atoms. The fraction of sp³-hybridized carbons (Fsp3) is 0.778. The van der Waals surface area contributed by atoms with Gasteiger partial charge in [-0.05, 0) is 11.8 Å². The molecular formula is C9H16ClN3. The van der Waals surface area contributed by atoms with Crippen LogP contribution < -0.4 is 0 Å². The molecule has 4 heteroatoms. The average Bonchev–Trinajstić information content (AvgIpc) is 2.51. The molecule has 0 atom stereocenters. The van der Waals surface area contributed by atoms with Crippen LogP contribution in [0.25, 0.3) is 0 Å². The van der Waals surface area contributed by atoms with Crippen LogP contribution in [-0.2, 0) is 12.4 Å². The molecule has 1 rings (SSSR count). The van der Waals surface area contributed by atoms with Gasteiger partial charge in [-0.1, -0.05) is 20.8 Å². The highest BCUT2D eigenvalue weighted by Crippen LogP contribution is 2.22. The van der Waals surface area contributed by atoms with Gasteiger partial charge in [-0.25, -0.2) is 0 Å². The smallest absolute Gasteiger partial charge is 0.147 e. The normalized spacial score (nSPS) is 12.0. The summed E-state index contributed by atoms with van der Waals surface area (Å²) in [6, 6.07) is 0. The second-order valence-corrected chi connectivity index (χ2v) is 4.29. The summed E-state index contributed by atoms with van der Waals surface area (Å²) in [6.45, 7) is 7.57. The minimum atomic E-state index is 0.281. The van der Waals surface area contributed by atoms with E-state index in [-0.39, 0.29) is 5.41 Å². The zero-order chi connectivity index (χ0) is 9.90. The standard InChI is InChI=1S/C9H16ClN3/c1-4-9(2,3)6-13-7-11-12-8(13)5-10/h7H,4-6H2,1-3H3. The van der Waals surface area contributed by atoms with Crippen molar-refractivity contribution in [1.29, 1.82) is 0 Å². The highest BCUT2D eigenvalue weighted by molar-refractivity contribution is 6.16. The van der Waals surface area contributed by atoms with Crippen LogP contribution in [0.5, 0.6) is 0 Å². The van der Waals surface area contributed by atoms with Gasteiger partial charge in [0, 0.05) is 6.54 Å². The van der Waals surface area contributed by atoms with Gasteiger partial charge < -0.3 is 4.57 Å². The fourth-order valence-corrected chi connectivity index (χ4v) is 1.29. The molecule has 3 nitrogen and oxygen atoms in total. The Morgan fingerprint density at radius 2 is 2.23 bits per heavy atom. The van der Waals surface area contributed by atoms with Gasteiger partial charge in [-0.2, -0.15) is 0 Å². The first-order valence-corrected chi connectivity index (χ1v) is 5.05. The molecule has 0 aliphatic heterocycles. The third-order valence-electron chi connectivity index (χ3n) is 2.37. The molecule has 0 aliphatic rings. The van der Waals surface area contributed by atoms with Crippen molar-refractivity contribution >= 4 is 11.6 Å². The van der Waals surface area contributed by atoms with Gasteiger partial charge in [-0.15, -0.1) is 21.8 Å². The van der Waals surface area contributed by atoms with Crippen LogP contribution in [-0.4, -0.2) is 14.8 Å². The van der Waals surface area contributed by atoms with Crippen molar-refractivity contribution in [2.45, 2.75) is 39.6 Å². The van der Waals surface area contributed by atoms with Crippen molar-refractivity contribution in [2.75, 3.05) is 0 Å². The van der Waals surface area contributed by atoms with E-state index in [9.17, 15) is 0 Å². The molecule has 1 aromatic rings. The molecule has 0 aromatic carbocycles. The summed E-state index contributed by atoms with van der Waals surface area (Å²) < 4.78 is 2.02. The lowest BCUT2D eigenvalue weighted by atomic mass is 9.90. The van der Waals surface area contributed by atoms with E-state index in [1.807, 2.05) is 4.57 Å². The molecule has 74 valence electrons. The maximum atomic E-state index is 5.72. The van der Waals surface area contributed by atoms with Crippen LogP contribution in [0.2, 0.25) is 0 Å². The van der Waals surface area contributed by atoms with Gasteiger partial charge in [0.15, 0.2) is 0 Å². The van der Waals surface area contributed by atoms with Crippen molar-refractivity contribution in [3.8, 4) is 0 Å². The van der Waals surface area contributed by atoms with Crippen LogP contribution in [0.15, 0.2) is 6.33 Å². The molecule has 0 aliphatic carbocycles. The second-order valence-electron chi connectivity index (χ2n) is 4.03. The quantitative estimate of drug-likeness (QED) is 0.701. The summed E-state index contributed by atoms with van der Waals surface area (Å²) in [4.78, 5) is 0. The van der Waals surface area contributed by atoms with Crippen LogP contribution in [0.4, 0.5) is 0 Å². The van der Waals surface area contributed by atoms with Gasteiger partial charge in [0.2, 0.25) is 0 Å². The minimum Gasteiger partial charge on any atom is -0.316 e. The molecular weight excluding hydrogens is 186 g/mol. The number of halogens is 1. The maximum absolute atomic E-state index is 5.72. The zero-order valence-corrected chi connectivity index (χ0v) is 9.17. The lowest BCUT2D eigenvalue weighted by Gasteiger charge is -2.23. The summed E-state index contributed by atoms with van der Waals surface area (Å²) in [5, 5.41) is 7.77. The van der Waals surface area contributed by atoms with Crippen molar-refractivity contribution in [2.24, 2.45) is 5.41 Å². The SMILES string of the molecule is CCC(C)(C)Cn1cnnc1CCl. The first kappa shape index (κ1) is 10.5. The molecule has 0 radical (unpaired) electrons. The lowest BCUT2D eigenvalue weighted by Crippen LogP contribution is -2.19. The van der Waals surface area contributed by atoms with E-state index in [0.717, 1.165) is 18.8 Å². The topological polar surface area (TPSA) is 30.7 Å². The highest BCUT2D eigenvalue weighted by Gasteiger charge is 2.17. The van der Waals surface area contributed by atoms with Gasteiger partial charge >= 0.3 is 0 Å². The molecule has 0 N–H and O–H groups in total. The van der Waals surface area contributed by atoms with Crippen LogP contribution in [0.3, 0.4) is 0 Å². The van der Waals surface area contributed by atoms with Crippen LogP contribution >= 0.6 is 11.6 Å². The zero-order valence-electron chi connectivity index (χ0n) is 8.42. The van der Waals surface area contributed by atoms with Gasteiger partial charge in [0.1, 0.15) is 12.2 Å². The molecule has 0 saturated heterocycles. The lowest BCUT2D eigenvalue weighted by molar-refractivity contribution is 0.291. The van der Waals surface area contributed by atoms with Crippen molar-refractivity contribution in [3.63, 3.8) is 0 Å². The Morgan fingerprint density at radius 1 is 1.54 bits per heavy atom. The number of hydrogen-bond donors (Lipinski definition) is 0. The first-order valence-electron chi connectivity index (χ1n) is 4.51. The van der Waals surface area contributed by atoms with Gasteiger partial charge in [0.05, 0.1) is 5.88 Å². The molecule has 1 heterocycles. The number of rotatable bonds is 4. The Morgan fingerprint density at radius 3 is 2.77 bits per heavy atom. The van der Waals surface area contributed by atoms with E-state index in [1.165, 1.54) is 0 Å². The predicted octanol–water partition coefficient (Wildman–Crippen LogP) is 2.45. The van der Waals surface area contributed by atoms with Gasteiger partial charge in [0.25, 0.3) is 0 Å². The fourth-order valence-electron chi connectivity index (χ4n) is 1.09. The third-order valence-corrected chi connectivity index (χ3v) is 2.61. The monoisotopic (exact) mass is 201 g/mol. The Labute approximate surface area is 84.1 Å². The average molecular weight is 202 g/mol. The van der Waals surface area contributed by atoms with E-state index in [4.69, 9.17) is 11.6 Å². The Balaban J connectivity index is 2.73. The first-order chi connectivity index (χ1) is 6.09. The summed E-state index contributed by atoms with van der Waals surface area (Å²) >= 11 is 5.72. The number of alkyl halides is 1. The summed E-state index contributed by atoms with van der Waals surface area (Å²) in [7, 11) is 0. The van der Waals surface area contributed by atoms with Gasteiger partial charge in [-0.3, -0.25) is 0 Å². The maximum Gasteiger partial charge on any atom is 0.147 e. The van der Waals surface area contributed by atoms with E-state index in [2.05, 4.69) is 31.0 Å². The Kier molecular flexibility index (Phi) is 3.31. The minimum absolute atomic E-state index is 0.281. The van der Waals surface area contributed by atoms with E-state index >= 15 is 0 Å². The number of aromatic nitrogens is 3. The molecule has 1 aromatic heterocycles. The molecule has 13 heavy (non-hydrogen) atoms. The predicted molar refractivity (Wildman–Crippen MR) is 53.7 cm³/mol.